The predicted octanol–water partition coefficient (Wildman–Crippen LogP) is 1.97. The summed E-state index contributed by atoms with van der Waals surface area (Å²) in [7, 11) is 0.434. The summed E-state index contributed by atoms with van der Waals surface area (Å²) in [6.45, 7) is 0. The molecule has 2 heterocycles. The van der Waals surface area contributed by atoms with Crippen molar-refractivity contribution in [3.8, 4) is 5.75 Å². The Morgan fingerprint density at radius 3 is 2.65 bits per heavy atom. The molecule has 3 rings (SSSR count). The highest BCUT2D eigenvalue weighted by Gasteiger charge is 2.30. The summed E-state index contributed by atoms with van der Waals surface area (Å²) in [6, 6.07) is 10.5. The van der Waals surface area contributed by atoms with Crippen LogP contribution in [0.25, 0.3) is 0 Å². The van der Waals surface area contributed by atoms with E-state index in [1.165, 1.54) is 7.11 Å². The number of carbonyl (C=O) groups is 1. The van der Waals surface area contributed by atoms with Crippen LogP contribution in [-0.2, 0) is 9.84 Å². The van der Waals surface area contributed by atoms with Gasteiger partial charge in [-0.25, -0.2) is 13.4 Å². The van der Waals surface area contributed by atoms with Crippen LogP contribution in [0.2, 0.25) is 0 Å². The maximum absolute atomic E-state index is 12.4. The number of hydrogen-bond donors (Lipinski definition) is 1. The molecule has 0 spiro atoms. The van der Waals surface area contributed by atoms with Crippen LogP contribution in [0.1, 0.15) is 16.9 Å². The topological polar surface area (TPSA) is 88.6 Å². The average Bonchev–Trinajstić information content (AvgIpc) is 3.01. The van der Waals surface area contributed by atoms with Gasteiger partial charge in [-0.1, -0.05) is 12.1 Å². The molecule has 1 aromatic carbocycles. The first-order valence-corrected chi connectivity index (χ1v) is 10.1. The molecule has 1 aliphatic heterocycles. The minimum absolute atomic E-state index is 0.0601. The first kappa shape index (κ1) is 18.2. The normalized spacial score (nSPS) is 18.3. The van der Waals surface area contributed by atoms with Gasteiger partial charge >= 0.3 is 0 Å². The quantitative estimate of drug-likeness (QED) is 0.859. The number of nitrogens with zero attached hydrogens (tertiary/aromatic N) is 2. The third-order valence-corrected chi connectivity index (χ3v) is 6.25. The van der Waals surface area contributed by atoms with Crippen molar-refractivity contribution in [1.82, 2.24) is 4.98 Å². The Kier molecular flexibility index (Phi) is 5.13. The monoisotopic (exact) mass is 375 g/mol. The van der Waals surface area contributed by atoms with E-state index in [2.05, 4.69) is 10.3 Å². The molecule has 1 amide bonds. The fourth-order valence-electron chi connectivity index (χ4n) is 2.95. The summed E-state index contributed by atoms with van der Waals surface area (Å²) in [5.41, 5.74) is 1.62. The lowest BCUT2D eigenvalue weighted by Crippen LogP contribution is -2.32. The first-order chi connectivity index (χ1) is 12.4. The van der Waals surface area contributed by atoms with E-state index >= 15 is 0 Å². The van der Waals surface area contributed by atoms with Gasteiger partial charge < -0.3 is 15.0 Å². The van der Waals surface area contributed by atoms with Crippen molar-refractivity contribution < 1.29 is 17.9 Å². The van der Waals surface area contributed by atoms with Crippen molar-refractivity contribution in [2.45, 2.75) is 12.5 Å². The van der Waals surface area contributed by atoms with Crippen molar-refractivity contribution in [2.24, 2.45) is 0 Å². The SMILES string of the molecule is COc1ccccc1NC(=O)c1ccc(N(C)C2CCS(=O)(=O)C2)cn1. The third kappa shape index (κ3) is 3.96. The van der Waals surface area contributed by atoms with Crippen LogP contribution >= 0.6 is 0 Å². The Labute approximate surface area is 152 Å². The van der Waals surface area contributed by atoms with Gasteiger partial charge in [-0.3, -0.25) is 4.79 Å². The molecule has 1 saturated heterocycles. The maximum atomic E-state index is 12.4. The highest BCUT2D eigenvalue weighted by molar-refractivity contribution is 7.91. The second-order valence-corrected chi connectivity index (χ2v) is 8.45. The molecule has 0 aliphatic carbocycles. The predicted molar refractivity (Wildman–Crippen MR) is 101 cm³/mol. The molecule has 1 aliphatic rings. The number of rotatable bonds is 5. The van der Waals surface area contributed by atoms with Crippen LogP contribution in [-0.4, -0.2) is 51.0 Å². The van der Waals surface area contributed by atoms with Crippen molar-refractivity contribution in [3.63, 3.8) is 0 Å². The number of nitrogens with one attached hydrogen (secondary N) is 1. The lowest BCUT2D eigenvalue weighted by atomic mass is 10.2. The van der Waals surface area contributed by atoms with E-state index in [1.54, 1.807) is 36.5 Å². The number of anilines is 2. The van der Waals surface area contributed by atoms with Gasteiger partial charge in [0, 0.05) is 13.1 Å². The van der Waals surface area contributed by atoms with E-state index in [1.807, 2.05) is 18.0 Å². The zero-order chi connectivity index (χ0) is 18.7. The molecule has 0 bridgehead atoms. The van der Waals surface area contributed by atoms with E-state index in [9.17, 15) is 13.2 Å². The third-order valence-electron chi connectivity index (χ3n) is 4.50. The van der Waals surface area contributed by atoms with Crippen molar-refractivity contribution >= 4 is 27.1 Å². The number of para-hydroxylation sites is 2. The molecule has 138 valence electrons. The number of methoxy groups -OCH3 is 1. The fourth-order valence-corrected chi connectivity index (χ4v) is 4.73. The summed E-state index contributed by atoms with van der Waals surface area (Å²) in [5.74, 6) is 0.598. The largest absolute Gasteiger partial charge is 0.495 e. The van der Waals surface area contributed by atoms with Crippen molar-refractivity contribution in [1.29, 1.82) is 0 Å². The van der Waals surface area contributed by atoms with Crippen LogP contribution in [0.4, 0.5) is 11.4 Å². The van der Waals surface area contributed by atoms with E-state index in [4.69, 9.17) is 4.74 Å². The van der Waals surface area contributed by atoms with Crippen molar-refractivity contribution in [2.75, 3.05) is 35.9 Å². The molecule has 2 aromatic rings. The summed E-state index contributed by atoms with van der Waals surface area (Å²) in [4.78, 5) is 18.5. The number of pyridine rings is 1. The van der Waals surface area contributed by atoms with Crippen LogP contribution in [0.3, 0.4) is 0 Å². The lowest BCUT2D eigenvalue weighted by molar-refractivity contribution is 0.102. The standard InChI is InChI=1S/C18H21N3O4S/c1-21(14-9-10-26(23,24)12-14)13-7-8-16(19-11-13)18(22)20-15-5-3-4-6-17(15)25-2/h3-8,11,14H,9-10,12H2,1-2H3,(H,20,22). The van der Waals surface area contributed by atoms with Crippen molar-refractivity contribution in [3.05, 3.63) is 48.3 Å². The molecule has 1 fully saturated rings. The van der Waals surface area contributed by atoms with Gasteiger partial charge in [-0.2, -0.15) is 0 Å². The van der Waals surface area contributed by atoms with Gasteiger partial charge in [0.25, 0.3) is 5.91 Å². The van der Waals surface area contributed by atoms with Crippen LogP contribution in [0.15, 0.2) is 42.6 Å². The van der Waals surface area contributed by atoms with Gasteiger partial charge in [0.2, 0.25) is 0 Å². The van der Waals surface area contributed by atoms with Gasteiger partial charge in [-0.15, -0.1) is 0 Å². The smallest absolute Gasteiger partial charge is 0.274 e. The van der Waals surface area contributed by atoms with Gasteiger partial charge in [-0.05, 0) is 30.7 Å². The van der Waals surface area contributed by atoms with Gasteiger partial charge in [0.15, 0.2) is 9.84 Å². The van der Waals surface area contributed by atoms with E-state index < -0.39 is 9.84 Å². The molecule has 0 saturated carbocycles. The minimum Gasteiger partial charge on any atom is -0.495 e. The van der Waals surface area contributed by atoms with Gasteiger partial charge in [0.1, 0.15) is 11.4 Å². The van der Waals surface area contributed by atoms with Crippen LogP contribution in [0, 0.1) is 0 Å². The number of hydrogen-bond acceptors (Lipinski definition) is 6. The fraction of sp³-hybridized carbons (Fsp3) is 0.333. The minimum atomic E-state index is -2.95. The number of amides is 1. The zero-order valence-corrected chi connectivity index (χ0v) is 15.5. The number of benzene rings is 1. The number of ether oxygens (including phenoxy) is 1. The summed E-state index contributed by atoms with van der Waals surface area (Å²) < 4.78 is 28.5. The second kappa shape index (κ2) is 7.33. The molecular weight excluding hydrogens is 354 g/mol. The Hall–Kier alpha value is -2.61. The number of carbonyl (C=O) groups excluding carboxylic acids is 1. The Bertz CT molecular complexity index is 897. The van der Waals surface area contributed by atoms with Crippen LogP contribution in [0.5, 0.6) is 5.75 Å². The summed E-state index contributed by atoms with van der Waals surface area (Å²) in [6.07, 6.45) is 2.19. The zero-order valence-electron chi connectivity index (χ0n) is 14.7. The second-order valence-electron chi connectivity index (χ2n) is 6.22. The maximum Gasteiger partial charge on any atom is 0.274 e. The summed E-state index contributed by atoms with van der Waals surface area (Å²) in [5, 5.41) is 2.77. The molecule has 0 radical (unpaired) electrons. The molecule has 8 heteroatoms. The molecule has 1 atom stereocenters. The number of sulfone groups is 1. The number of aromatic nitrogens is 1. The Morgan fingerprint density at radius 2 is 2.04 bits per heavy atom. The molecule has 1 N–H and O–H groups in total. The summed E-state index contributed by atoms with van der Waals surface area (Å²) >= 11 is 0. The molecule has 1 aromatic heterocycles. The highest BCUT2D eigenvalue weighted by atomic mass is 32.2. The van der Waals surface area contributed by atoms with E-state index in [-0.39, 0.29) is 29.1 Å². The first-order valence-electron chi connectivity index (χ1n) is 8.23. The molecule has 1 unspecified atom stereocenters. The van der Waals surface area contributed by atoms with Gasteiger partial charge in [0.05, 0.1) is 36.2 Å². The average molecular weight is 375 g/mol. The van der Waals surface area contributed by atoms with E-state index in [0.29, 0.717) is 17.9 Å². The molecular formula is C18H21N3O4S. The molecule has 26 heavy (non-hydrogen) atoms. The highest BCUT2D eigenvalue weighted by Crippen LogP contribution is 2.25. The Morgan fingerprint density at radius 1 is 1.27 bits per heavy atom. The van der Waals surface area contributed by atoms with E-state index in [0.717, 1.165) is 5.69 Å². The molecule has 7 nitrogen and oxygen atoms in total. The van der Waals surface area contributed by atoms with Crippen LogP contribution < -0.4 is 15.0 Å². The Balaban J connectivity index is 1.70. The lowest BCUT2D eigenvalue weighted by Gasteiger charge is -2.25.